The third-order valence-corrected chi connectivity index (χ3v) is 2.05. The van der Waals surface area contributed by atoms with Gasteiger partial charge in [0, 0.05) is 5.56 Å². The molecule has 0 bridgehead atoms. The Kier molecular flexibility index (Phi) is 1.93. The molecule has 3 heteroatoms. The van der Waals surface area contributed by atoms with Crippen LogP contribution in [0, 0.1) is 5.82 Å². The van der Waals surface area contributed by atoms with E-state index < -0.39 is 0 Å². The lowest BCUT2D eigenvalue weighted by atomic mass is 10.0. The van der Waals surface area contributed by atoms with Crippen molar-refractivity contribution in [2.45, 2.75) is 0 Å². The molecule has 2 nitrogen and oxygen atoms in total. The zero-order valence-electron chi connectivity index (χ0n) is 7.42. The summed E-state index contributed by atoms with van der Waals surface area (Å²) in [6, 6.07) is 6.38. The molecule has 1 aromatic rings. The summed E-state index contributed by atoms with van der Waals surface area (Å²) in [6.07, 6.45) is 1.46. The minimum atomic E-state index is -0.323. The molecule has 14 heavy (non-hydrogen) atoms. The second-order valence-electron chi connectivity index (χ2n) is 3.03. The molecule has 0 aromatic heterocycles. The number of allylic oxidation sites excluding steroid dienone is 1. The molecule has 0 fully saturated rings. The van der Waals surface area contributed by atoms with Crippen LogP contribution < -0.4 is 4.99 Å². The highest BCUT2D eigenvalue weighted by atomic mass is 19.1. The number of hydrogen-bond acceptors (Lipinski definition) is 0. The molecule has 0 saturated carbocycles. The fourth-order valence-corrected chi connectivity index (χ4v) is 1.40. The van der Waals surface area contributed by atoms with Crippen molar-refractivity contribution >= 4 is 11.5 Å². The Hall–Kier alpha value is -1.90. The van der Waals surface area contributed by atoms with E-state index >= 15 is 0 Å². The lowest BCUT2D eigenvalue weighted by Gasteiger charge is -1.99. The van der Waals surface area contributed by atoms with Gasteiger partial charge in [0.1, 0.15) is 5.82 Å². The first-order chi connectivity index (χ1) is 6.68. The van der Waals surface area contributed by atoms with Crippen LogP contribution in [-0.2, 0) is 0 Å². The van der Waals surface area contributed by atoms with E-state index in [1.807, 2.05) is 0 Å². The van der Waals surface area contributed by atoms with Crippen molar-refractivity contribution in [2.24, 2.45) is 0 Å². The largest absolute Gasteiger partial charge is 0.460 e. The van der Waals surface area contributed by atoms with Crippen molar-refractivity contribution in [2.75, 3.05) is 0 Å². The fourth-order valence-electron chi connectivity index (χ4n) is 1.40. The second-order valence-corrected chi connectivity index (χ2v) is 3.03. The van der Waals surface area contributed by atoms with Crippen molar-refractivity contribution in [3.8, 4) is 0 Å². The standard InChI is InChI=1S/C11H8FNO/c1-7-9(6-11(14)13-7)8-4-2-3-5-10(8)12/h2-6H,1H2,(H,13,14)/p+1. The molecule has 0 amide bonds. The van der Waals surface area contributed by atoms with Gasteiger partial charge in [-0.3, -0.25) is 0 Å². The van der Waals surface area contributed by atoms with Gasteiger partial charge >= 0.3 is 5.90 Å². The van der Waals surface area contributed by atoms with Crippen LogP contribution in [0.3, 0.4) is 0 Å². The number of aliphatic hydroxyl groups is 1. The Morgan fingerprint density at radius 3 is 2.57 bits per heavy atom. The van der Waals surface area contributed by atoms with Crippen LogP contribution >= 0.6 is 0 Å². The van der Waals surface area contributed by atoms with Gasteiger partial charge < -0.3 is 5.11 Å². The van der Waals surface area contributed by atoms with Gasteiger partial charge in [-0.2, -0.15) is 4.99 Å². The molecule has 0 unspecified atom stereocenters. The first-order valence-corrected chi connectivity index (χ1v) is 4.17. The van der Waals surface area contributed by atoms with E-state index in [1.165, 1.54) is 12.1 Å². The van der Waals surface area contributed by atoms with E-state index in [9.17, 15) is 4.39 Å². The first kappa shape index (κ1) is 8.69. The van der Waals surface area contributed by atoms with Crippen LogP contribution in [-0.4, -0.2) is 11.0 Å². The van der Waals surface area contributed by atoms with E-state index in [4.69, 9.17) is 5.11 Å². The van der Waals surface area contributed by atoms with Crippen molar-refractivity contribution in [1.82, 2.24) is 0 Å². The van der Waals surface area contributed by atoms with Crippen molar-refractivity contribution < 1.29 is 14.5 Å². The third kappa shape index (κ3) is 1.33. The predicted octanol–water partition coefficient (Wildman–Crippen LogP) is 0.773. The lowest BCUT2D eigenvalue weighted by molar-refractivity contribution is -0.394. The van der Waals surface area contributed by atoms with Gasteiger partial charge in [0.05, 0.1) is 11.6 Å². The van der Waals surface area contributed by atoms with Crippen LogP contribution in [0.4, 0.5) is 4.39 Å². The van der Waals surface area contributed by atoms with Gasteiger partial charge in [-0.05, 0) is 12.6 Å². The topological polar surface area (TPSA) is 34.2 Å². The number of halogens is 1. The molecule has 0 radical (unpaired) electrons. The summed E-state index contributed by atoms with van der Waals surface area (Å²) in [4.78, 5) is 2.61. The molecular formula is C11H9FNO+. The Morgan fingerprint density at radius 1 is 1.29 bits per heavy atom. The second kappa shape index (κ2) is 3.10. The molecule has 0 aliphatic carbocycles. The van der Waals surface area contributed by atoms with E-state index in [-0.39, 0.29) is 11.7 Å². The van der Waals surface area contributed by atoms with Gasteiger partial charge in [-0.25, -0.2) is 4.39 Å². The molecule has 1 aliphatic rings. The number of hydrogen-bond donors (Lipinski definition) is 2. The molecule has 1 aromatic carbocycles. The van der Waals surface area contributed by atoms with E-state index in [1.54, 1.807) is 18.2 Å². The zero-order chi connectivity index (χ0) is 10.1. The summed E-state index contributed by atoms with van der Waals surface area (Å²) in [5, 5.41) is 9.17. The van der Waals surface area contributed by atoms with Gasteiger partial charge in [0.15, 0.2) is 0 Å². The Balaban J connectivity index is 2.49. The molecule has 70 valence electrons. The monoisotopic (exact) mass is 190 g/mol. The highest BCUT2D eigenvalue weighted by molar-refractivity contribution is 5.97. The molecule has 1 heterocycles. The zero-order valence-corrected chi connectivity index (χ0v) is 7.42. The van der Waals surface area contributed by atoms with Crippen LogP contribution in [0.25, 0.3) is 5.57 Å². The maximum atomic E-state index is 13.3. The quantitative estimate of drug-likeness (QED) is 0.674. The Morgan fingerprint density at radius 2 is 2.00 bits per heavy atom. The highest BCUT2D eigenvalue weighted by Crippen LogP contribution is 2.22. The van der Waals surface area contributed by atoms with E-state index in [0.29, 0.717) is 16.8 Å². The van der Waals surface area contributed by atoms with Crippen molar-refractivity contribution in [3.63, 3.8) is 0 Å². The van der Waals surface area contributed by atoms with Crippen LogP contribution in [0.5, 0.6) is 0 Å². The van der Waals surface area contributed by atoms with Crippen LogP contribution in [0.15, 0.2) is 42.6 Å². The third-order valence-electron chi connectivity index (χ3n) is 2.05. The molecule has 1 aliphatic heterocycles. The molecule has 0 spiro atoms. The number of rotatable bonds is 1. The summed E-state index contributed by atoms with van der Waals surface area (Å²) in [5.41, 5.74) is 1.53. The maximum absolute atomic E-state index is 13.3. The Labute approximate surface area is 80.7 Å². The van der Waals surface area contributed by atoms with E-state index in [0.717, 1.165) is 0 Å². The molecular weight excluding hydrogens is 181 g/mol. The lowest BCUT2D eigenvalue weighted by Crippen LogP contribution is -2.67. The number of nitrogens with one attached hydrogen (secondary N) is 1. The minimum absolute atomic E-state index is 0.00625. The molecule has 2 N–H and O–H groups in total. The smallest absolute Gasteiger partial charge is 0.364 e. The van der Waals surface area contributed by atoms with Gasteiger partial charge in [0.25, 0.3) is 0 Å². The van der Waals surface area contributed by atoms with Gasteiger partial charge in [-0.15, -0.1) is 0 Å². The normalized spacial score (nSPS) is 15.4. The number of benzene rings is 1. The molecule has 0 saturated heterocycles. The van der Waals surface area contributed by atoms with E-state index in [2.05, 4.69) is 11.6 Å². The fraction of sp³-hybridized carbons (Fsp3) is 0. The summed E-state index contributed by atoms with van der Waals surface area (Å²) in [5.74, 6) is -0.329. The minimum Gasteiger partial charge on any atom is -0.460 e. The van der Waals surface area contributed by atoms with Crippen LogP contribution in [0.2, 0.25) is 0 Å². The SMILES string of the molecule is C=C1[NH+]=C(O)C=C1c1ccccc1F. The Bertz CT molecular complexity index is 460. The molecule has 0 atom stereocenters. The van der Waals surface area contributed by atoms with Crippen molar-refractivity contribution in [1.29, 1.82) is 0 Å². The summed E-state index contributed by atoms with van der Waals surface area (Å²) < 4.78 is 13.3. The average Bonchev–Trinajstić information content (AvgIpc) is 2.46. The summed E-state index contributed by atoms with van der Waals surface area (Å²) >= 11 is 0. The number of aliphatic hydroxyl groups excluding tert-OH is 1. The predicted molar refractivity (Wildman–Crippen MR) is 52.1 cm³/mol. The summed E-state index contributed by atoms with van der Waals surface area (Å²) in [6.45, 7) is 3.68. The van der Waals surface area contributed by atoms with Crippen LogP contribution in [0.1, 0.15) is 5.56 Å². The summed E-state index contributed by atoms with van der Waals surface area (Å²) in [7, 11) is 0. The first-order valence-electron chi connectivity index (χ1n) is 4.17. The van der Waals surface area contributed by atoms with Gasteiger partial charge in [-0.1, -0.05) is 18.2 Å². The maximum Gasteiger partial charge on any atom is 0.364 e. The van der Waals surface area contributed by atoms with Crippen molar-refractivity contribution in [3.05, 3.63) is 54.0 Å². The average molecular weight is 190 g/mol. The highest BCUT2D eigenvalue weighted by Gasteiger charge is 2.22. The van der Waals surface area contributed by atoms with Gasteiger partial charge in [0.2, 0.25) is 5.70 Å². The molecule has 2 rings (SSSR count).